The van der Waals surface area contributed by atoms with Crippen molar-refractivity contribution < 1.29 is 0 Å². The first kappa shape index (κ1) is 26.0. The van der Waals surface area contributed by atoms with E-state index in [2.05, 4.69) is 156 Å². The molecule has 0 aliphatic rings. The molecule has 0 amide bonds. The molecule has 0 bridgehead atoms. The highest BCUT2D eigenvalue weighted by Gasteiger charge is 2.24. The fourth-order valence-corrected chi connectivity index (χ4v) is 9.19. The van der Waals surface area contributed by atoms with Crippen LogP contribution < -0.4 is 0 Å². The lowest BCUT2D eigenvalue weighted by molar-refractivity contribution is 1.02. The molecule has 0 fully saturated rings. The summed E-state index contributed by atoms with van der Waals surface area (Å²) in [6.07, 6.45) is 0. The molecular weight excluding hydrogens is 603 g/mol. The Morgan fingerprint density at radius 1 is 0.438 bits per heavy atom. The summed E-state index contributed by atoms with van der Waals surface area (Å²) in [4.78, 5) is 10.9. The van der Waals surface area contributed by atoms with Crippen LogP contribution in [0.15, 0.2) is 152 Å². The molecule has 0 spiro atoms. The molecule has 48 heavy (non-hydrogen) atoms. The van der Waals surface area contributed by atoms with E-state index in [0.717, 1.165) is 38.6 Å². The molecule has 8 aromatic carbocycles. The molecule has 0 atom stereocenters. The van der Waals surface area contributed by atoms with E-state index in [1.165, 1.54) is 57.9 Å². The number of hydrogen-bond donors (Lipinski definition) is 0. The number of benzene rings is 8. The summed E-state index contributed by atoms with van der Waals surface area (Å²) in [6.45, 7) is 0. The first-order valence-electron chi connectivity index (χ1n) is 16.3. The summed E-state index contributed by atoms with van der Waals surface area (Å²) in [5.41, 5.74) is 5.24. The van der Waals surface area contributed by atoms with Crippen LogP contribution in [0.1, 0.15) is 0 Å². The molecule has 0 saturated carbocycles. The number of para-hydroxylation sites is 1. The standard InChI is InChI=1S/C44H25N3S/c1-2-14-28(15-3-1)40-34-24-22-27-13-5-7-17-30(27)41(34)46-44(45-40)47-35-21-11-10-20-33(35)37-31-18-8-9-19-32(31)39-38-29-16-6-4-12-26(29)23-25-36(38)48-43(39)42(37)47/h1-25H. The van der Waals surface area contributed by atoms with E-state index >= 15 is 0 Å². The first-order valence-corrected chi connectivity index (χ1v) is 17.1. The van der Waals surface area contributed by atoms with Crippen LogP contribution in [0, 0.1) is 0 Å². The molecule has 3 heterocycles. The van der Waals surface area contributed by atoms with Crippen molar-refractivity contribution in [2.24, 2.45) is 0 Å². The molecule has 222 valence electrons. The van der Waals surface area contributed by atoms with E-state index in [0.29, 0.717) is 5.95 Å². The van der Waals surface area contributed by atoms with Crippen LogP contribution in [-0.4, -0.2) is 14.5 Å². The molecule has 11 rings (SSSR count). The van der Waals surface area contributed by atoms with E-state index in [1.807, 2.05) is 11.3 Å². The minimum atomic E-state index is 0.683. The van der Waals surface area contributed by atoms with Crippen molar-refractivity contribution in [3.63, 3.8) is 0 Å². The van der Waals surface area contributed by atoms with Gasteiger partial charge in [-0.25, -0.2) is 9.97 Å². The van der Waals surface area contributed by atoms with Crippen molar-refractivity contribution in [1.29, 1.82) is 0 Å². The van der Waals surface area contributed by atoms with Crippen LogP contribution in [0.2, 0.25) is 0 Å². The van der Waals surface area contributed by atoms with Crippen molar-refractivity contribution in [2.75, 3.05) is 0 Å². The van der Waals surface area contributed by atoms with E-state index in [4.69, 9.17) is 9.97 Å². The Morgan fingerprint density at radius 2 is 1.06 bits per heavy atom. The van der Waals surface area contributed by atoms with E-state index in [-0.39, 0.29) is 0 Å². The van der Waals surface area contributed by atoms with Crippen molar-refractivity contribution in [3.8, 4) is 17.2 Å². The third kappa shape index (κ3) is 3.47. The highest BCUT2D eigenvalue weighted by atomic mass is 32.1. The number of rotatable bonds is 2. The Hall–Kier alpha value is -6.10. The lowest BCUT2D eigenvalue weighted by Gasteiger charge is -2.14. The lowest BCUT2D eigenvalue weighted by atomic mass is 9.97. The molecule has 3 aromatic heterocycles. The number of hydrogen-bond acceptors (Lipinski definition) is 3. The van der Waals surface area contributed by atoms with Gasteiger partial charge in [0.15, 0.2) is 0 Å². The normalized spacial score (nSPS) is 12.2. The second-order valence-electron chi connectivity index (χ2n) is 12.5. The number of fused-ring (bicyclic) bond motifs is 15. The minimum absolute atomic E-state index is 0.683. The van der Waals surface area contributed by atoms with Crippen LogP contribution in [0.5, 0.6) is 0 Å². The van der Waals surface area contributed by atoms with Crippen LogP contribution in [0.3, 0.4) is 0 Å². The summed E-state index contributed by atoms with van der Waals surface area (Å²) < 4.78 is 4.88. The van der Waals surface area contributed by atoms with Crippen molar-refractivity contribution in [3.05, 3.63) is 152 Å². The van der Waals surface area contributed by atoms with Gasteiger partial charge in [-0.1, -0.05) is 133 Å². The van der Waals surface area contributed by atoms with Gasteiger partial charge in [0, 0.05) is 42.6 Å². The zero-order chi connectivity index (χ0) is 31.3. The summed E-state index contributed by atoms with van der Waals surface area (Å²) in [7, 11) is 0. The Bertz CT molecular complexity index is 3120. The van der Waals surface area contributed by atoms with Gasteiger partial charge in [-0.15, -0.1) is 11.3 Å². The smallest absolute Gasteiger partial charge is 0.235 e. The zero-order valence-electron chi connectivity index (χ0n) is 25.7. The van der Waals surface area contributed by atoms with E-state index in [1.54, 1.807) is 0 Å². The van der Waals surface area contributed by atoms with Gasteiger partial charge in [-0.2, -0.15) is 0 Å². The molecule has 4 heteroatoms. The summed E-state index contributed by atoms with van der Waals surface area (Å²) in [5.74, 6) is 0.683. The molecule has 0 aliphatic carbocycles. The third-order valence-electron chi connectivity index (χ3n) is 9.96. The summed E-state index contributed by atoms with van der Waals surface area (Å²) in [5, 5.41) is 13.5. The maximum atomic E-state index is 5.48. The van der Waals surface area contributed by atoms with Crippen LogP contribution in [0.25, 0.3) is 102 Å². The Morgan fingerprint density at radius 3 is 1.88 bits per heavy atom. The molecule has 0 unspecified atom stereocenters. The van der Waals surface area contributed by atoms with Crippen molar-refractivity contribution in [1.82, 2.24) is 14.5 Å². The van der Waals surface area contributed by atoms with Gasteiger partial charge in [0.2, 0.25) is 5.95 Å². The second-order valence-corrected chi connectivity index (χ2v) is 13.6. The molecule has 0 saturated heterocycles. The quantitative estimate of drug-likeness (QED) is 0.179. The highest BCUT2D eigenvalue weighted by molar-refractivity contribution is 7.27. The first-order chi connectivity index (χ1) is 23.8. The molecule has 0 aliphatic heterocycles. The lowest BCUT2D eigenvalue weighted by Crippen LogP contribution is -2.04. The summed E-state index contributed by atoms with van der Waals surface area (Å²) in [6, 6.07) is 54.4. The van der Waals surface area contributed by atoms with E-state index < -0.39 is 0 Å². The average molecular weight is 628 g/mol. The van der Waals surface area contributed by atoms with Gasteiger partial charge in [0.1, 0.15) is 0 Å². The van der Waals surface area contributed by atoms with Gasteiger partial charge in [0.05, 0.1) is 26.9 Å². The average Bonchev–Trinajstić information content (AvgIpc) is 3.72. The Balaban J connectivity index is 1.40. The topological polar surface area (TPSA) is 30.7 Å². The van der Waals surface area contributed by atoms with Gasteiger partial charge in [0.25, 0.3) is 0 Å². The SMILES string of the molecule is c1ccc(-c2nc(-n3c4ccccc4c4c5ccccc5c5c(sc6ccc7ccccc7c65)c43)nc3c2ccc2ccccc23)cc1. The highest BCUT2D eigenvalue weighted by Crippen LogP contribution is 2.49. The number of thiophene rings is 1. The largest absolute Gasteiger partial charge is 0.276 e. The van der Waals surface area contributed by atoms with Crippen LogP contribution in [0.4, 0.5) is 0 Å². The predicted octanol–water partition coefficient (Wildman–Crippen LogP) is 12.2. The van der Waals surface area contributed by atoms with Gasteiger partial charge >= 0.3 is 0 Å². The van der Waals surface area contributed by atoms with Crippen LogP contribution in [-0.2, 0) is 0 Å². The number of aromatic nitrogens is 3. The molecule has 3 nitrogen and oxygen atoms in total. The molecule has 0 N–H and O–H groups in total. The molecular formula is C44H25N3S. The molecule has 0 radical (unpaired) electrons. The Kier molecular flexibility index (Phi) is 5.26. The minimum Gasteiger partial charge on any atom is -0.276 e. The van der Waals surface area contributed by atoms with Crippen molar-refractivity contribution in [2.45, 2.75) is 0 Å². The van der Waals surface area contributed by atoms with E-state index in [9.17, 15) is 0 Å². The predicted molar refractivity (Wildman–Crippen MR) is 205 cm³/mol. The maximum Gasteiger partial charge on any atom is 0.235 e. The fourth-order valence-electron chi connectivity index (χ4n) is 7.92. The molecule has 11 aromatic rings. The van der Waals surface area contributed by atoms with Crippen molar-refractivity contribution >= 4 is 96.5 Å². The van der Waals surface area contributed by atoms with Gasteiger partial charge < -0.3 is 0 Å². The van der Waals surface area contributed by atoms with Gasteiger partial charge in [-0.05, 0) is 45.1 Å². The monoisotopic (exact) mass is 627 g/mol. The maximum absolute atomic E-state index is 5.48. The second kappa shape index (κ2) is 9.71. The fraction of sp³-hybridized carbons (Fsp3) is 0. The summed E-state index contributed by atoms with van der Waals surface area (Å²) >= 11 is 1.88. The third-order valence-corrected chi connectivity index (χ3v) is 11.1. The van der Waals surface area contributed by atoms with Crippen LogP contribution >= 0.6 is 11.3 Å². The Labute approximate surface area is 278 Å². The van der Waals surface area contributed by atoms with Gasteiger partial charge in [-0.3, -0.25) is 4.57 Å². The zero-order valence-corrected chi connectivity index (χ0v) is 26.5. The number of nitrogens with zero attached hydrogens (tertiary/aromatic N) is 3.